The maximum absolute atomic E-state index is 14.0. The Bertz CT molecular complexity index is 625. The molecule has 3 rings (SSSR count). The van der Waals surface area contributed by atoms with E-state index in [-0.39, 0.29) is 0 Å². The van der Waals surface area contributed by atoms with E-state index < -0.39 is 24.7 Å². The van der Waals surface area contributed by atoms with Crippen LogP contribution in [0.15, 0.2) is 60.7 Å². The van der Waals surface area contributed by atoms with Gasteiger partial charge in [0.25, 0.3) is 0 Å². The summed E-state index contributed by atoms with van der Waals surface area (Å²) < 4.78 is 19.7. The van der Waals surface area contributed by atoms with E-state index in [1.165, 1.54) is 0 Å². The third-order valence-corrected chi connectivity index (χ3v) is 7.80. The van der Waals surface area contributed by atoms with Gasteiger partial charge in [-0.1, -0.05) is 60.7 Å². The van der Waals surface area contributed by atoms with Crippen molar-refractivity contribution >= 4 is 17.8 Å². The summed E-state index contributed by atoms with van der Waals surface area (Å²) in [5.74, 6) is 0. The Morgan fingerprint density at radius 3 is 1.81 bits per heavy atom. The maximum atomic E-state index is 14.0. The zero-order chi connectivity index (χ0) is 15.1. The zero-order valence-electron chi connectivity index (χ0n) is 12.1. The van der Waals surface area contributed by atoms with Gasteiger partial charge in [-0.2, -0.15) is 0 Å². The normalized spacial score (nSPS) is 26.3. The van der Waals surface area contributed by atoms with Crippen molar-refractivity contribution in [1.82, 2.24) is 0 Å². The molecule has 0 unspecified atom stereocenters. The fraction of sp³-hybridized carbons (Fsp3) is 0.294. The highest BCUT2D eigenvalue weighted by molar-refractivity contribution is 7.80. The first-order chi connectivity index (χ1) is 10.00. The summed E-state index contributed by atoms with van der Waals surface area (Å²) in [6.45, 7) is 3.52. The second kappa shape index (κ2) is 5.10. The minimum absolute atomic E-state index is 0.399. The number of ether oxygens (including phenoxy) is 1. The lowest BCUT2D eigenvalue weighted by Crippen LogP contribution is -2.30. The molecule has 21 heavy (non-hydrogen) atoms. The van der Waals surface area contributed by atoms with E-state index >= 15 is 0 Å². The summed E-state index contributed by atoms with van der Waals surface area (Å²) in [7, 11) is -2.99. The van der Waals surface area contributed by atoms with Crippen LogP contribution in [0.25, 0.3) is 0 Å². The zero-order valence-corrected chi connectivity index (χ0v) is 13.0. The Morgan fingerprint density at radius 1 is 1.05 bits per heavy atom. The highest BCUT2D eigenvalue weighted by atomic mass is 31.2. The smallest absolute Gasteiger partial charge is 0.175 e. The lowest BCUT2D eigenvalue weighted by molar-refractivity contribution is 0.152. The molecule has 2 aromatic rings. The average molecular weight is 302 g/mol. The Balaban J connectivity index is 2.16. The van der Waals surface area contributed by atoms with Crippen molar-refractivity contribution in [2.45, 2.75) is 31.4 Å². The highest BCUT2D eigenvalue weighted by Gasteiger charge is 2.66. The number of hydrogen-bond acceptors (Lipinski definition) is 3. The molecule has 2 aromatic carbocycles. The molecular weight excluding hydrogens is 283 g/mol. The Hall–Kier alpha value is -1.41. The minimum Gasteiger partial charge on any atom is -0.391 e. The summed E-state index contributed by atoms with van der Waals surface area (Å²) in [5.41, 5.74) is 0. The van der Waals surface area contributed by atoms with E-state index in [2.05, 4.69) is 0 Å². The third kappa shape index (κ3) is 2.17. The monoisotopic (exact) mass is 302 g/mol. The molecule has 1 fully saturated rings. The van der Waals surface area contributed by atoms with Gasteiger partial charge in [0.1, 0.15) is 6.10 Å². The summed E-state index contributed by atoms with van der Waals surface area (Å²) in [5, 5.41) is 10.5. The molecule has 0 aliphatic carbocycles. The second-order valence-electron chi connectivity index (χ2n) is 5.61. The van der Waals surface area contributed by atoms with E-state index in [1.54, 1.807) is 6.92 Å². The molecule has 0 bridgehead atoms. The van der Waals surface area contributed by atoms with Crippen LogP contribution in [0.2, 0.25) is 0 Å². The van der Waals surface area contributed by atoms with Crippen molar-refractivity contribution in [2.75, 3.05) is 0 Å². The first-order valence-electron chi connectivity index (χ1n) is 7.07. The standard InChI is InChI=1S/C17H19O3P/c1-13(18)16-17(2,20-16)21(19,14-9-5-3-6-10-14)15-11-7-4-8-12-15/h3-13,16,18H,1-2H3/t13-,16+,17+/m1/s1. The van der Waals surface area contributed by atoms with Crippen LogP contribution in [-0.2, 0) is 9.30 Å². The van der Waals surface area contributed by atoms with E-state index in [0.717, 1.165) is 10.6 Å². The van der Waals surface area contributed by atoms with Crippen LogP contribution >= 0.6 is 7.14 Å². The van der Waals surface area contributed by atoms with Gasteiger partial charge in [-0.15, -0.1) is 0 Å². The molecule has 110 valence electrons. The number of hydrogen-bond donors (Lipinski definition) is 1. The van der Waals surface area contributed by atoms with Crippen LogP contribution in [0, 0.1) is 0 Å². The molecule has 0 amide bonds. The molecule has 1 aliphatic rings. The molecule has 0 saturated carbocycles. The van der Waals surface area contributed by atoms with Crippen molar-refractivity contribution < 1.29 is 14.4 Å². The van der Waals surface area contributed by atoms with Crippen LogP contribution in [0.3, 0.4) is 0 Å². The lowest BCUT2D eigenvalue weighted by Gasteiger charge is -2.24. The van der Waals surface area contributed by atoms with Crippen LogP contribution in [0.4, 0.5) is 0 Å². The molecule has 0 aromatic heterocycles. The molecule has 0 radical (unpaired) electrons. The van der Waals surface area contributed by atoms with Crippen LogP contribution in [0.1, 0.15) is 13.8 Å². The molecule has 4 heteroatoms. The molecule has 1 saturated heterocycles. The summed E-state index contributed by atoms with van der Waals surface area (Å²) >= 11 is 0. The second-order valence-corrected chi connectivity index (χ2v) is 8.75. The van der Waals surface area contributed by atoms with E-state index in [0.29, 0.717) is 0 Å². The highest BCUT2D eigenvalue weighted by Crippen LogP contribution is 2.67. The van der Waals surface area contributed by atoms with E-state index in [4.69, 9.17) is 4.74 Å². The summed E-state index contributed by atoms with van der Waals surface area (Å²) in [6, 6.07) is 18.8. The number of rotatable bonds is 4. The van der Waals surface area contributed by atoms with Gasteiger partial charge in [-0.05, 0) is 13.8 Å². The predicted molar refractivity (Wildman–Crippen MR) is 84.7 cm³/mol. The average Bonchev–Trinajstić information content (AvgIpc) is 3.22. The topological polar surface area (TPSA) is 49.8 Å². The van der Waals surface area contributed by atoms with Gasteiger partial charge in [0.2, 0.25) is 0 Å². The molecule has 1 heterocycles. The predicted octanol–water partition coefficient (Wildman–Crippen LogP) is 2.50. The lowest BCUT2D eigenvalue weighted by atomic mass is 10.2. The molecule has 3 atom stereocenters. The first kappa shape index (κ1) is 14.5. The quantitative estimate of drug-likeness (QED) is 0.697. The minimum atomic E-state index is -2.99. The number of aliphatic hydroxyl groups is 1. The van der Waals surface area contributed by atoms with Crippen molar-refractivity contribution in [3.05, 3.63) is 60.7 Å². The van der Waals surface area contributed by atoms with Gasteiger partial charge >= 0.3 is 0 Å². The van der Waals surface area contributed by atoms with Gasteiger partial charge < -0.3 is 14.4 Å². The molecule has 3 nitrogen and oxygen atoms in total. The van der Waals surface area contributed by atoms with Gasteiger partial charge in [0.15, 0.2) is 12.5 Å². The molecule has 1 N–H and O–H groups in total. The third-order valence-electron chi connectivity index (χ3n) is 4.14. The fourth-order valence-corrected chi connectivity index (χ4v) is 6.30. The van der Waals surface area contributed by atoms with Gasteiger partial charge in [0, 0.05) is 10.6 Å². The van der Waals surface area contributed by atoms with Crippen molar-refractivity contribution in [3.8, 4) is 0 Å². The van der Waals surface area contributed by atoms with Gasteiger partial charge in [0.05, 0.1) is 6.10 Å². The van der Waals surface area contributed by atoms with Gasteiger partial charge in [-0.25, -0.2) is 0 Å². The summed E-state index contributed by atoms with van der Waals surface area (Å²) in [4.78, 5) is 0. The van der Waals surface area contributed by atoms with Crippen molar-refractivity contribution in [3.63, 3.8) is 0 Å². The van der Waals surface area contributed by atoms with Crippen LogP contribution in [-0.4, -0.2) is 22.7 Å². The number of benzene rings is 2. The van der Waals surface area contributed by atoms with E-state index in [9.17, 15) is 9.67 Å². The Kier molecular flexibility index (Phi) is 3.53. The van der Waals surface area contributed by atoms with Crippen molar-refractivity contribution in [1.29, 1.82) is 0 Å². The Morgan fingerprint density at radius 2 is 1.48 bits per heavy atom. The molecular formula is C17H19O3P. The van der Waals surface area contributed by atoms with E-state index in [1.807, 2.05) is 67.6 Å². The Labute approximate surface area is 125 Å². The largest absolute Gasteiger partial charge is 0.391 e. The van der Waals surface area contributed by atoms with Crippen LogP contribution in [0.5, 0.6) is 0 Å². The fourth-order valence-electron chi connectivity index (χ4n) is 2.96. The van der Waals surface area contributed by atoms with Gasteiger partial charge in [-0.3, -0.25) is 0 Å². The van der Waals surface area contributed by atoms with Crippen LogP contribution < -0.4 is 10.6 Å². The number of aliphatic hydroxyl groups excluding tert-OH is 1. The maximum Gasteiger partial charge on any atom is 0.175 e. The summed E-state index contributed by atoms with van der Waals surface area (Å²) in [6.07, 6.45) is -1.04. The van der Waals surface area contributed by atoms with Crippen molar-refractivity contribution in [2.24, 2.45) is 0 Å². The first-order valence-corrected chi connectivity index (χ1v) is 8.78. The molecule has 1 aliphatic heterocycles. The number of epoxide rings is 1. The SMILES string of the molecule is C[C@@H](O)[C@@H]1O[C@@]1(C)P(=O)(c1ccccc1)c1ccccc1. The molecule has 0 spiro atoms.